The molecule has 0 aliphatic heterocycles. The summed E-state index contributed by atoms with van der Waals surface area (Å²) in [4.78, 5) is 28.1. The van der Waals surface area contributed by atoms with Crippen molar-refractivity contribution in [2.75, 3.05) is 6.54 Å². The lowest BCUT2D eigenvalue weighted by Crippen LogP contribution is -2.42. The lowest BCUT2D eigenvalue weighted by Gasteiger charge is -2.37. The number of hydrogen-bond acceptors (Lipinski definition) is 6. The molecule has 3 heterocycles. The Morgan fingerprint density at radius 2 is 1.87 bits per heavy atom. The van der Waals surface area contributed by atoms with Crippen molar-refractivity contribution in [2.24, 2.45) is 0 Å². The highest BCUT2D eigenvalue weighted by atomic mass is 32.1. The summed E-state index contributed by atoms with van der Waals surface area (Å²) >= 11 is 0.671. The highest BCUT2D eigenvalue weighted by molar-refractivity contribution is 7.17. The van der Waals surface area contributed by atoms with Crippen molar-refractivity contribution in [3.8, 4) is 10.7 Å². The number of alkyl halides is 3. The van der Waals surface area contributed by atoms with E-state index < -0.39 is 22.7 Å². The van der Waals surface area contributed by atoms with Gasteiger partial charge in [0.1, 0.15) is 15.6 Å². The van der Waals surface area contributed by atoms with Gasteiger partial charge in [-0.3, -0.25) is 19.7 Å². The first-order valence-electron chi connectivity index (χ1n) is 9.92. The maximum atomic E-state index is 13.6. The lowest BCUT2D eigenvalue weighted by molar-refractivity contribution is -0.141. The van der Waals surface area contributed by atoms with E-state index >= 15 is 0 Å². The van der Waals surface area contributed by atoms with Gasteiger partial charge in [-0.25, -0.2) is 4.98 Å². The fourth-order valence-corrected chi connectivity index (χ4v) is 4.95. The number of rotatable bonds is 5. The van der Waals surface area contributed by atoms with Gasteiger partial charge in [0.15, 0.2) is 5.69 Å². The standard InChI is InChI=1S/C21H20F3N5OS/c22-21(23,24)17-16(31-19(29-17)15-12-26-9-10-27-15)18(30)28-13-20(6-2-1-3-7-20)14-5-4-8-25-11-14/h4-5,8-12H,1-3,6-7,13H2,(H,28,30). The molecule has 4 rings (SSSR count). The summed E-state index contributed by atoms with van der Waals surface area (Å²) in [6.45, 7) is 0.243. The van der Waals surface area contributed by atoms with Crippen molar-refractivity contribution in [1.29, 1.82) is 0 Å². The van der Waals surface area contributed by atoms with Gasteiger partial charge in [0.05, 0.1) is 6.20 Å². The number of aromatic nitrogens is 4. The maximum Gasteiger partial charge on any atom is 0.435 e. The van der Waals surface area contributed by atoms with Gasteiger partial charge in [0.2, 0.25) is 0 Å². The van der Waals surface area contributed by atoms with Gasteiger partial charge in [-0.2, -0.15) is 13.2 Å². The van der Waals surface area contributed by atoms with Crippen molar-refractivity contribution in [2.45, 2.75) is 43.7 Å². The summed E-state index contributed by atoms with van der Waals surface area (Å²) in [5.41, 5.74) is -0.347. The van der Waals surface area contributed by atoms with Crippen LogP contribution in [-0.2, 0) is 11.6 Å². The zero-order valence-electron chi connectivity index (χ0n) is 16.5. The number of amides is 1. The zero-order valence-corrected chi connectivity index (χ0v) is 17.3. The van der Waals surface area contributed by atoms with Gasteiger partial charge >= 0.3 is 6.18 Å². The molecule has 3 aromatic heterocycles. The van der Waals surface area contributed by atoms with E-state index in [1.165, 1.54) is 18.6 Å². The molecular formula is C21H20F3N5OS. The Bertz CT molecular complexity index is 1030. The summed E-state index contributed by atoms with van der Waals surface area (Å²) in [6, 6.07) is 3.80. The van der Waals surface area contributed by atoms with Crippen molar-refractivity contribution in [1.82, 2.24) is 25.3 Å². The predicted octanol–water partition coefficient (Wildman–Crippen LogP) is 4.65. The van der Waals surface area contributed by atoms with Crippen LogP contribution >= 0.6 is 11.3 Å². The van der Waals surface area contributed by atoms with Gasteiger partial charge in [-0.05, 0) is 24.5 Å². The Labute approximate surface area is 181 Å². The average Bonchev–Trinajstić information content (AvgIpc) is 3.26. The molecule has 1 N–H and O–H groups in total. The van der Waals surface area contributed by atoms with E-state index in [2.05, 4.69) is 25.3 Å². The number of halogens is 3. The summed E-state index contributed by atoms with van der Waals surface area (Å²) < 4.78 is 40.8. The molecule has 6 nitrogen and oxygen atoms in total. The Balaban J connectivity index is 1.61. The van der Waals surface area contributed by atoms with E-state index in [0.29, 0.717) is 11.3 Å². The molecule has 1 fully saturated rings. The molecule has 0 aromatic carbocycles. The fourth-order valence-electron chi connectivity index (χ4n) is 3.99. The molecule has 1 saturated carbocycles. The molecule has 0 atom stereocenters. The van der Waals surface area contributed by atoms with Gasteiger partial charge in [-0.1, -0.05) is 25.3 Å². The minimum Gasteiger partial charge on any atom is -0.350 e. The Kier molecular flexibility index (Phi) is 5.99. The fraction of sp³-hybridized carbons (Fsp3) is 0.381. The van der Waals surface area contributed by atoms with E-state index in [1.54, 1.807) is 12.4 Å². The minimum absolute atomic E-state index is 0.00483. The zero-order chi connectivity index (χ0) is 21.9. The Hall–Kier alpha value is -2.88. The number of pyridine rings is 1. The second-order valence-electron chi connectivity index (χ2n) is 7.55. The highest BCUT2D eigenvalue weighted by Gasteiger charge is 2.41. The van der Waals surface area contributed by atoms with Crippen LogP contribution in [0.15, 0.2) is 43.1 Å². The smallest absolute Gasteiger partial charge is 0.350 e. The first-order chi connectivity index (χ1) is 14.9. The lowest BCUT2D eigenvalue weighted by atomic mass is 9.70. The van der Waals surface area contributed by atoms with E-state index in [1.807, 2.05) is 12.1 Å². The van der Waals surface area contributed by atoms with Crippen LogP contribution in [0.2, 0.25) is 0 Å². The number of thiazole rings is 1. The van der Waals surface area contributed by atoms with E-state index in [0.717, 1.165) is 37.7 Å². The van der Waals surface area contributed by atoms with E-state index in [9.17, 15) is 18.0 Å². The Morgan fingerprint density at radius 3 is 2.52 bits per heavy atom. The topological polar surface area (TPSA) is 80.7 Å². The van der Waals surface area contributed by atoms with E-state index in [-0.39, 0.29) is 22.7 Å². The molecule has 0 radical (unpaired) electrons. The second kappa shape index (κ2) is 8.70. The summed E-state index contributed by atoms with van der Waals surface area (Å²) in [7, 11) is 0. The third kappa shape index (κ3) is 4.58. The van der Waals surface area contributed by atoms with Crippen LogP contribution in [-0.4, -0.2) is 32.4 Å². The molecule has 0 spiro atoms. The molecule has 1 aliphatic carbocycles. The average molecular weight is 447 g/mol. The molecule has 31 heavy (non-hydrogen) atoms. The number of carbonyl (C=O) groups is 1. The van der Waals surface area contributed by atoms with Crippen LogP contribution < -0.4 is 5.32 Å². The molecule has 162 valence electrons. The van der Waals surface area contributed by atoms with Crippen molar-refractivity contribution in [3.63, 3.8) is 0 Å². The number of hydrogen-bond donors (Lipinski definition) is 1. The summed E-state index contributed by atoms with van der Waals surface area (Å²) in [6.07, 6.45) is 7.59. The number of nitrogens with zero attached hydrogens (tertiary/aromatic N) is 4. The Morgan fingerprint density at radius 1 is 1.10 bits per heavy atom. The van der Waals surface area contributed by atoms with Gasteiger partial charge < -0.3 is 5.32 Å². The summed E-state index contributed by atoms with van der Waals surface area (Å²) in [5, 5.41) is 2.76. The molecule has 1 aliphatic rings. The highest BCUT2D eigenvalue weighted by Crippen LogP contribution is 2.40. The predicted molar refractivity (Wildman–Crippen MR) is 109 cm³/mol. The van der Waals surface area contributed by atoms with Crippen LogP contribution in [0.5, 0.6) is 0 Å². The van der Waals surface area contributed by atoms with Crippen molar-refractivity contribution < 1.29 is 18.0 Å². The maximum absolute atomic E-state index is 13.6. The first-order valence-corrected chi connectivity index (χ1v) is 10.7. The first kappa shape index (κ1) is 21.4. The quantitative estimate of drug-likeness (QED) is 0.616. The van der Waals surface area contributed by atoms with Crippen LogP contribution in [0, 0.1) is 0 Å². The van der Waals surface area contributed by atoms with Crippen LogP contribution in [0.3, 0.4) is 0 Å². The molecule has 10 heteroatoms. The van der Waals surface area contributed by atoms with Crippen molar-refractivity contribution in [3.05, 3.63) is 59.3 Å². The van der Waals surface area contributed by atoms with Crippen LogP contribution in [0.25, 0.3) is 10.7 Å². The third-order valence-electron chi connectivity index (χ3n) is 5.56. The molecule has 0 unspecified atom stereocenters. The molecule has 0 saturated heterocycles. The minimum atomic E-state index is -4.75. The van der Waals surface area contributed by atoms with Crippen LogP contribution in [0.1, 0.15) is 53.0 Å². The van der Waals surface area contributed by atoms with Crippen molar-refractivity contribution >= 4 is 17.2 Å². The third-order valence-corrected chi connectivity index (χ3v) is 6.63. The van der Waals surface area contributed by atoms with Crippen LogP contribution in [0.4, 0.5) is 13.2 Å². The molecule has 0 bridgehead atoms. The largest absolute Gasteiger partial charge is 0.435 e. The van der Waals surface area contributed by atoms with E-state index in [4.69, 9.17) is 0 Å². The second-order valence-corrected chi connectivity index (χ2v) is 8.55. The van der Waals surface area contributed by atoms with Gasteiger partial charge in [0.25, 0.3) is 5.91 Å². The molecular weight excluding hydrogens is 427 g/mol. The SMILES string of the molecule is O=C(NCC1(c2cccnc2)CCCCC1)c1sc(-c2cnccn2)nc1C(F)(F)F. The molecule has 3 aromatic rings. The normalized spacial score (nSPS) is 16.1. The number of carbonyl (C=O) groups excluding carboxylic acids is 1. The number of nitrogens with one attached hydrogen (secondary N) is 1. The summed E-state index contributed by atoms with van der Waals surface area (Å²) in [5.74, 6) is -0.784. The monoisotopic (exact) mass is 447 g/mol. The molecule has 1 amide bonds. The van der Waals surface area contributed by atoms with Gasteiger partial charge in [-0.15, -0.1) is 11.3 Å². The van der Waals surface area contributed by atoms with Gasteiger partial charge in [0, 0.05) is 36.7 Å².